The predicted octanol–water partition coefficient (Wildman–Crippen LogP) is 3.71. The summed E-state index contributed by atoms with van der Waals surface area (Å²) in [5.41, 5.74) is 1.91. The Balaban J connectivity index is 1.63. The van der Waals surface area contributed by atoms with E-state index in [2.05, 4.69) is 27.0 Å². The topological polar surface area (TPSA) is 78.3 Å². The highest BCUT2D eigenvalue weighted by molar-refractivity contribution is 7.99. The minimum atomic E-state index is -0.304. The van der Waals surface area contributed by atoms with E-state index in [4.69, 9.17) is 9.47 Å². The van der Waals surface area contributed by atoms with Crippen LogP contribution in [-0.4, -0.2) is 40.1 Å². The molecule has 0 aliphatic carbocycles. The van der Waals surface area contributed by atoms with Crippen molar-refractivity contribution in [3.63, 3.8) is 0 Å². The number of carbonyl (C=O) groups excluding carboxylic acids is 1. The number of benzene rings is 2. The average Bonchev–Trinajstić information content (AvgIpc) is 3.26. The maximum atomic E-state index is 12.9. The Hall–Kier alpha value is -3.00. The third-order valence-corrected chi connectivity index (χ3v) is 5.56. The summed E-state index contributed by atoms with van der Waals surface area (Å²) in [6.45, 7) is 3.04. The Morgan fingerprint density at radius 3 is 2.57 bits per heavy atom. The molecule has 1 aromatic heterocycles. The Morgan fingerprint density at radius 1 is 1.14 bits per heavy atom. The SMILES string of the molecule is COc1cccc(OC)c1C(=O)Nc1cccc(-c2nnc3n2C[C@@H](C)S3)c1. The molecule has 4 rings (SSSR count). The molecule has 1 atom stereocenters. The molecule has 0 bridgehead atoms. The van der Waals surface area contributed by atoms with E-state index in [9.17, 15) is 4.79 Å². The summed E-state index contributed by atoms with van der Waals surface area (Å²) in [7, 11) is 3.05. The van der Waals surface area contributed by atoms with Gasteiger partial charge in [-0.2, -0.15) is 0 Å². The van der Waals surface area contributed by atoms with Gasteiger partial charge in [-0.05, 0) is 24.3 Å². The molecule has 1 aliphatic heterocycles. The Kier molecular flexibility index (Phi) is 4.95. The van der Waals surface area contributed by atoms with Crippen LogP contribution in [0.4, 0.5) is 5.69 Å². The summed E-state index contributed by atoms with van der Waals surface area (Å²) >= 11 is 1.72. The number of hydrogen-bond acceptors (Lipinski definition) is 6. The van der Waals surface area contributed by atoms with Gasteiger partial charge in [-0.1, -0.05) is 36.9 Å². The fourth-order valence-corrected chi connectivity index (χ4v) is 4.19. The van der Waals surface area contributed by atoms with Gasteiger partial charge in [0, 0.05) is 23.0 Å². The third-order valence-electron chi connectivity index (χ3n) is 4.50. The van der Waals surface area contributed by atoms with Crippen molar-refractivity contribution in [1.29, 1.82) is 0 Å². The Morgan fingerprint density at radius 2 is 1.86 bits per heavy atom. The molecular formula is C20H20N4O3S. The van der Waals surface area contributed by atoms with Gasteiger partial charge in [0.2, 0.25) is 0 Å². The van der Waals surface area contributed by atoms with E-state index in [1.807, 2.05) is 24.3 Å². The first kappa shape index (κ1) is 18.4. The Labute approximate surface area is 167 Å². The van der Waals surface area contributed by atoms with E-state index in [-0.39, 0.29) is 5.91 Å². The zero-order valence-electron chi connectivity index (χ0n) is 15.8. The summed E-state index contributed by atoms with van der Waals surface area (Å²) in [6, 6.07) is 12.8. The largest absolute Gasteiger partial charge is 0.496 e. The first-order chi connectivity index (χ1) is 13.6. The van der Waals surface area contributed by atoms with Crippen molar-refractivity contribution in [3.05, 3.63) is 48.0 Å². The molecule has 0 unspecified atom stereocenters. The van der Waals surface area contributed by atoms with E-state index in [1.165, 1.54) is 14.2 Å². The van der Waals surface area contributed by atoms with Gasteiger partial charge in [0.25, 0.3) is 5.91 Å². The number of fused-ring (bicyclic) bond motifs is 1. The molecule has 144 valence electrons. The van der Waals surface area contributed by atoms with Crippen LogP contribution in [0.3, 0.4) is 0 Å². The van der Waals surface area contributed by atoms with E-state index in [0.29, 0.717) is 28.0 Å². The molecule has 0 spiro atoms. The second-order valence-electron chi connectivity index (χ2n) is 6.42. The highest BCUT2D eigenvalue weighted by atomic mass is 32.2. The maximum Gasteiger partial charge on any atom is 0.263 e. The molecule has 2 heterocycles. The van der Waals surface area contributed by atoms with E-state index in [1.54, 1.807) is 30.0 Å². The van der Waals surface area contributed by atoms with Crippen LogP contribution >= 0.6 is 11.8 Å². The van der Waals surface area contributed by atoms with Gasteiger partial charge in [0.1, 0.15) is 17.1 Å². The van der Waals surface area contributed by atoms with Gasteiger partial charge in [-0.15, -0.1) is 10.2 Å². The van der Waals surface area contributed by atoms with Gasteiger partial charge in [-0.3, -0.25) is 4.79 Å². The zero-order valence-corrected chi connectivity index (χ0v) is 16.6. The quantitative estimate of drug-likeness (QED) is 0.708. The number of hydrogen-bond donors (Lipinski definition) is 1. The van der Waals surface area contributed by atoms with Crippen LogP contribution < -0.4 is 14.8 Å². The molecule has 28 heavy (non-hydrogen) atoms. The molecule has 7 nitrogen and oxygen atoms in total. The monoisotopic (exact) mass is 396 g/mol. The first-order valence-corrected chi connectivity index (χ1v) is 9.71. The third kappa shape index (κ3) is 3.31. The number of nitrogens with zero attached hydrogens (tertiary/aromatic N) is 3. The molecule has 3 aromatic rings. The van der Waals surface area contributed by atoms with E-state index >= 15 is 0 Å². The fraction of sp³-hybridized carbons (Fsp3) is 0.250. The lowest BCUT2D eigenvalue weighted by molar-refractivity contribution is 0.102. The lowest BCUT2D eigenvalue weighted by Crippen LogP contribution is -2.14. The van der Waals surface area contributed by atoms with E-state index in [0.717, 1.165) is 23.1 Å². The number of amides is 1. The van der Waals surface area contributed by atoms with Crippen LogP contribution in [0.2, 0.25) is 0 Å². The zero-order chi connectivity index (χ0) is 19.7. The number of carbonyl (C=O) groups is 1. The number of methoxy groups -OCH3 is 2. The number of nitrogens with one attached hydrogen (secondary N) is 1. The number of anilines is 1. The molecule has 1 amide bonds. The summed E-state index contributed by atoms with van der Waals surface area (Å²) in [4.78, 5) is 12.9. The maximum absolute atomic E-state index is 12.9. The first-order valence-electron chi connectivity index (χ1n) is 8.83. The van der Waals surface area contributed by atoms with Gasteiger partial charge in [-0.25, -0.2) is 0 Å². The molecule has 0 radical (unpaired) electrons. The number of aromatic nitrogens is 3. The fourth-order valence-electron chi connectivity index (χ4n) is 3.23. The lowest BCUT2D eigenvalue weighted by atomic mass is 10.1. The minimum Gasteiger partial charge on any atom is -0.496 e. The standard InChI is InChI=1S/C20H20N4O3S/c1-12-11-24-18(22-23-20(24)28-12)13-6-4-7-14(10-13)21-19(25)17-15(26-2)8-5-9-16(17)27-3/h4-10,12H,11H2,1-3H3,(H,21,25)/t12-/m1/s1. The van der Waals surface area contributed by atoms with Crippen LogP contribution in [0.15, 0.2) is 47.6 Å². The molecule has 0 saturated heterocycles. The smallest absolute Gasteiger partial charge is 0.263 e. The number of thioether (sulfide) groups is 1. The van der Waals surface area contributed by atoms with Crippen LogP contribution in [0, 0.1) is 0 Å². The number of rotatable bonds is 5. The van der Waals surface area contributed by atoms with Gasteiger partial charge < -0.3 is 19.4 Å². The molecule has 0 fully saturated rings. The van der Waals surface area contributed by atoms with Gasteiger partial charge in [0.15, 0.2) is 11.0 Å². The summed E-state index contributed by atoms with van der Waals surface area (Å²) < 4.78 is 12.8. The van der Waals surface area contributed by atoms with Crippen LogP contribution in [0.1, 0.15) is 17.3 Å². The van der Waals surface area contributed by atoms with Crippen molar-refractivity contribution >= 4 is 23.4 Å². The lowest BCUT2D eigenvalue weighted by Gasteiger charge is -2.13. The van der Waals surface area contributed by atoms with Crippen LogP contribution in [0.5, 0.6) is 11.5 Å². The van der Waals surface area contributed by atoms with Crippen molar-refractivity contribution < 1.29 is 14.3 Å². The summed E-state index contributed by atoms with van der Waals surface area (Å²) in [5.74, 6) is 1.41. The van der Waals surface area contributed by atoms with Crippen LogP contribution in [0.25, 0.3) is 11.4 Å². The second-order valence-corrected chi connectivity index (χ2v) is 7.82. The van der Waals surface area contributed by atoms with Crippen LogP contribution in [-0.2, 0) is 6.54 Å². The van der Waals surface area contributed by atoms with Crippen molar-refractivity contribution in [2.24, 2.45) is 0 Å². The average molecular weight is 396 g/mol. The second kappa shape index (κ2) is 7.55. The number of ether oxygens (including phenoxy) is 2. The molecular weight excluding hydrogens is 376 g/mol. The Bertz CT molecular complexity index is 1010. The van der Waals surface area contributed by atoms with E-state index < -0.39 is 0 Å². The molecule has 8 heteroatoms. The van der Waals surface area contributed by atoms with Crippen molar-refractivity contribution in [3.8, 4) is 22.9 Å². The van der Waals surface area contributed by atoms with Crippen molar-refractivity contribution in [2.45, 2.75) is 23.9 Å². The predicted molar refractivity (Wildman–Crippen MR) is 108 cm³/mol. The highest BCUT2D eigenvalue weighted by Gasteiger charge is 2.24. The van der Waals surface area contributed by atoms with Gasteiger partial charge >= 0.3 is 0 Å². The minimum absolute atomic E-state index is 0.304. The highest BCUT2D eigenvalue weighted by Crippen LogP contribution is 2.35. The molecule has 1 aliphatic rings. The van der Waals surface area contributed by atoms with Crippen molar-refractivity contribution in [1.82, 2.24) is 14.8 Å². The summed E-state index contributed by atoms with van der Waals surface area (Å²) in [5, 5.41) is 12.9. The normalized spacial score (nSPS) is 15.2. The molecule has 2 aromatic carbocycles. The summed E-state index contributed by atoms with van der Waals surface area (Å²) in [6.07, 6.45) is 0. The van der Waals surface area contributed by atoms with Gasteiger partial charge in [0.05, 0.1) is 14.2 Å². The molecule has 0 saturated carbocycles. The van der Waals surface area contributed by atoms with Crippen molar-refractivity contribution in [2.75, 3.05) is 19.5 Å². The molecule has 1 N–H and O–H groups in total.